The summed E-state index contributed by atoms with van der Waals surface area (Å²) >= 11 is 0. The smallest absolute Gasteiger partial charge is 0.223 e. The van der Waals surface area contributed by atoms with Crippen molar-refractivity contribution in [2.75, 3.05) is 31.1 Å². The second kappa shape index (κ2) is 8.49. The number of fused-ring (bicyclic) bond motifs is 3. The third-order valence-corrected chi connectivity index (χ3v) is 7.11. The van der Waals surface area contributed by atoms with Crippen molar-refractivity contribution in [2.24, 2.45) is 0 Å². The third-order valence-electron chi connectivity index (χ3n) is 7.11. The van der Waals surface area contributed by atoms with Crippen molar-refractivity contribution in [1.29, 1.82) is 0 Å². The molecule has 0 saturated carbocycles. The molecule has 2 aliphatic rings. The Morgan fingerprint density at radius 1 is 0.882 bits per heavy atom. The summed E-state index contributed by atoms with van der Waals surface area (Å²) in [7, 11) is 0. The Bertz CT molecular complexity index is 1290. The first-order valence-electron chi connectivity index (χ1n) is 11.9. The minimum absolute atomic E-state index is 0.144. The Kier molecular flexibility index (Phi) is 5.17. The maximum atomic E-state index is 13.3. The number of hydrogen-bond acceptors (Lipinski definition) is 4. The molecule has 3 aromatic carbocycles. The summed E-state index contributed by atoms with van der Waals surface area (Å²) in [5, 5.41) is 0. The SMILES string of the molecule is Cc1ncc(-c2ccc(N3CCN(C(=O)CC4c5ccccc5-c5ccccc54)CC3)cc2)o1. The van der Waals surface area contributed by atoms with E-state index in [-0.39, 0.29) is 11.8 Å². The van der Waals surface area contributed by atoms with Crippen LogP contribution in [0.15, 0.2) is 83.4 Å². The number of rotatable bonds is 4. The molecule has 170 valence electrons. The molecule has 0 unspecified atom stereocenters. The molecule has 1 aliphatic heterocycles. The van der Waals surface area contributed by atoms with Crippen molar-refractivity contribution in [3.05, 3.63) is 96.0 Å². The van der Waals surface area contributed by atoms with Crippen LogP contribution in [-0.4, -0.2) is 42.0 Å². The summed E-state index contributed by atoms with van der Waals surface area (Å²) in [6, 6.07) is 25.4. The lowest BCUT2D eigenvalue weighted by molar-refractivity contribution is -0.131. The molecule has 0 atom stereocenters. The highest BCUT2D eigenvalue weighted by Crippen LogP contribution is 2.46. The first-order valence-corrected chi connectivity index (χ1v) is 11.9. The van der Waals surface area contributed by atoms with Gasteiger partial charge in [-0.15, -0.1) is 0 Å². The van der Waals surface area contributed by atoms with Crippen LogP contribution < -0.4 is 4.90 Å². The fraction of sp³-hybridized carbons (Fsp3) is 0.241. The van der Waals surface area contributed by atoms with Gasteiger partial charge in [0.25, 0.3) is 0 Å². The van der Waals surface area contributed by atoms with Gasteiger partial charge in [0.05, 0.1) is 6.20 Å². The monoisotopic (exact) mass is 449 g/mol. The maximum absolute atomic E-state index is 13.3. The number of hydrogen-bond donors (Lipinski definition) is 0. The van der Waals surface area contributed by atoms with Crippen molar-refractivity contribution >= 4 is 11.6 Å². The summed E-state index contributed by atoms with van der Waals surface area (Å²) in [6.07, 6.45) is 2.29. The van der Waals surface area contributed by atoms with E-state index in [4.69, 9.17) is 4.42 Å². The van der Waals surface area contributed by atoms with Crippen LogP contribution in [-0.2, 0) is 4.79 Å². The molecule has 0 N–H and O–H groups in total. The quantitative estimate of drug-likeness (QED) is 0.413. The molecule has 4 aromatic rings. The van der Waals surface area contributed by atoms with Crippen LogP contribution in [0.5, 0.6) is 0 Å². The molecule has 5 heteroatoms. The molecular formula is C29H27N3O2. The standard InChI is InChI=1S/C29H27N3O2/c1-20-30-19-28(34-20)21-10-12-22(13-11-21)31-14-16-32(17-15-31)29(33)18-27-25-8-4-2-6-23(25)24-7-3-5-9-26(24)27/h2-13,19,27H,14-18H2,1H3. The van der Waals surface area contributed by atoms with Crippen LogP contribution in [0.1, 0.15) is 29.4 Å². The van der Waals surface area contributed by atoms with Gasteiger partial charge in [0.2, 0.25) is 5.91 Å². The molecular weight excluding hydrogens is 422 g/mol. The zero-order valence-corrected chi connectivity index (χ0v) is 19.3. The zero-order valence-electron chi connectivity index (χ0n) is 19.3. The van der Waals surface area contributed by atoms with Crippen molar-refractivity contribution in [3.63, 3.8) is 0 Å². The Balaban J connectivity index is 1.11. The normalized spacial score (nSPS) is 15.3. The number of carbonyl (C=O) groups excluding carboxylic acids is 1. The number of piperazine rings is 1. The summed E-state index contributed by atoms with van der Waals surface area (Å²) in [4.78, 5) is 21.9. The molecule has 1 aromatic heterocycles. The highest BCUT2D eigenvalue weighted by Gasteiger charge is 2.32. The van der Waals surface area contributed by atoms with Gasteiger partial charge in [0, 0.05) is 56.7 Å². The fourth-order valence-electron chi connectivity index (χ4n) is 5.33. The Labute approximate surface area is 199 Å². The van der Waals surface area contributed by atoms with Gasteiger partial charge >= 0.3 is 0 Å². The van der Waals surface area contributed by atoms with Gasteiger partial charge in [-0.05, 0) is 46.5 Å². The number of benzene rings is 3. The molecule has 5 nitrogen and oxygen atoms in total. The van der Waals surface area contributed by atoms with E-state index in [0.29, 0.717) is 12.3 Å². The first kappa shape index (κ1) is 20.7. The predicted octanol–water partition coefficient (Wildman–Crippen LogP) is 5.50. The summed E-state index contributed by atoms with van der Waals surface area (Å²) in [5.41, 5.74) is 7.28. The lowest BCUT2D eigenvalue weighted by Gasteiger charge is -2.36. The molecule has 0 bridgehead atoms. The van der Waals surface area contributed by atoms with E-state index < -0.39 is 0 Å². The number of amides is 1. The van der Waals surface area contributed by atoms with E-state index in [1.807, 2.05) is 11.8 Å². The molecule has 0 radical (unpaired) electrons. The third kappa shape index (κ3) is 3.67. The molecule has 1 amide bonds. The van der Waals surface area contributed by atoms with E-state index in [1.54, 1.807) is 6.20 Å². The van der Waals surface area contributed by atoms with E-state index in [9.17, 15) is 4.79 Å². The zero-order chi connectivity index (χ0) is 23.1. The van der Waals surface area contributed by atoms with E-state index in [2.05, 4.69) is 82.7 Å². The van der Waals surface area contributed by atoms with E-state index in [0.717, 1.165) is 37.5 Å². The number of aryl methyl sites for hydroxylation is 1. The Hall–Kier alpha value is -3.86. The summed E-state index contributed by atoms with van der Waals surface area (Å²) < 4.78 is 5.62. The highest BCUT2D eigenvalue weighted by molar-refractivity contribution is 5.84. The van der Waals surface area contributed by atoms with Crippen LogP contribution >= 0.6 is 0 Å². The first-order chi connectivity index (χ1) is 16.7. The average molecular weight is 450 g/mol. The lowest BCUT2D eigenvalue weighted by atomic mass is 9.93. The summed E-state index contributed by atoms with van der Waals surface area (Å²) in [6.45, 7) is 5.02. The molecule has 34 heavy (non-hydrogen) atoms. The summed E-state index contributed by atoms with van der Waals surface area (Å²) in [5.74, 6) is 1.84. The van der Waals surface area contributed by atoms with Crippen LogP contribution in [0.25, 0.3) is 22.5 Å². The second-order valence-corrected chi connectivity index (χ2v) is 9.09. The Morgan fingerprint density at radius 2 is 1.50 bits per heavy atom. The molecule has 0 spiro atoms. The number of nitrogens with zero attached hydrogens (tertiary/aromatic N) is 3. The maximum Gasteiger partial charge on any atom is 0.223 e. The van der Waals surface area contributed by atoms with Gasteiger partial charge in [0.1, 0.15) is 0 Å². The van der Waals surface area contributed by atoms with Gasteiger partial charge in [0.15, 0.2) is 11.7 Å². The average Bonchev–Trinajstić information content (AvgIpc) is 3.46. The minimum Gasteiger partial charge on any atom is -0.441 e. The van der Waals surface area contributed by atoms with Crippen molar-refractivity contribution in [3.8, 4) is 22.5 Å². The predicted molar refractivity (Wildman–Crippen MR) is 134 cm³/mol. The topological polar surface area (TPSA) is 49.6 Å². The highest BCUT2D eigenvalue weighted by atomic mass is 16.4. The molecule has 1 saturated heterocycles. The van der Waals surface area contributed by atoms with E-state index in [1.165, 1.54) is 27.9 Å². The van der Waals surface area contributed by atoms with Crippen LogP contribution in [0, 0.1) is 6.92 Å². The van der Waals surface area contributed by atoms with Crippen LogP contribution in [0.4, 0.5) is 5.69 Å². The van der Waals surface area contributed by atoms with Crippen LogP contribution in [0.2, 0.25) is 0 Å². The number of anilines is 1. The number of carbonyl (C=O) groups is 1. The number of oxazole rings is 1. The van der Waals surface area contributed by atoms with Crippen molar-refractivity contribution < 1.29 is 9.21 Å². The molecule has 6 rings (SSSR count). The van der Waals surface area contributed by atoms with E-state index >= 15 is 0 Å². The molecule has 1 fully saturated rings. The molecule has 2 heterocycles. The van der Waals surface area contributed by atoms with Crippen LogP contribution in [0.3, 0.4) is 0 Å². The largest absolute Gasteiger partial charge is 0.441 e. The van der Waals surface area contributed by atoms with Crippen molar-refractivity contribution in [1.82, 2.24) is 9.88 Å². The van der Waals surface area contributed by atoms with Gasteiger partial charge < -0.3 is 14.2 Å². The minimum atomic E-state index is 0.144. The van der Waals surface area contributed by atoms with Gasteiger partial charge in [-0.2, -0.15) is 0 Å². The van der Waals surface area contributed by atoms with Gasteiger partial charge in [-0.3, -0.25) is 4.79 Å². The fourth-order valence-corrected chi connectivity index (χ4v) is 5.33. The Morgan fingerprint density at radius 3 is 2.09 bits per heavy atom. The van der Waals surface area contributed by atoms with Crippen molar-refractivity contribution in [2.45, 2.75) is 19.3 Å². The number of aromatic nitrogens is 1. The lowest BCUT2D eigenvalue weighted by Crippen LogP contribution is -2.49. The molecule has 1 aliphatic carbocycles. The second-order valence-electron chi connectivity index (χ2n) is 9.09. The van der Waals surface area contributed by atoms with Gasteiger partial charge in [-0.25, -0.2) is 4.98 Å². The van der Waals surface area contributed by atoms with Gasteiger partial charge in [-0.1, -0.05) is 48.5 Å².